The summed E-state index contributed by atoms with van der Waals surface area (Å²) in [5.74, 6) is 0. The van der Waals surface area contributed by atoms with Crippen LogP contribution in [-0.4, -0.2) is 32.8 Å². The van der Waals surface area contributed by atoms with E-state index in [1.54, 1.807) is 6.92 Å². The largest absolute Gasteiger partial charge is 0.313 e. The lowest BCUT2D eigenvalue weighted by atomic mass is 10.1. The second kappa shape index (κ2) is 6.18. The highest BCUT2D eigenvalue weighted by atomic mass is 32.2. The molecule has 5 nitrogen and oxygen atoms in total. The van der Waals surface area contributed by atoms with Crippen LogP contribution in [0.15, 0.2) is 0 Å². The first-order valence-corrected chi connectivity index (χ1v) is 7.26. The van der Waals surface area contributed by atoms with E-state index in [9.17, 15) is 8.42 Å². The molecule has 0 bridgehead atoms. The molecule has 1 aliphatic heterocycles. The highest BCUT2D eigenvalue weighted by molar-refractivity contribution is 7.90. The van der Waals surface area contributed by atoms with Crippen LogP contribution < -0.4 is 10.0 Å². The summed E-state index contributed by atoms with van der Waals surface area (Å²) in [7, 11) is -3.47. The second-order valence-corrected chi connectivity index (χ2v) is 6.01. The topological polar surface area (TPSA) is 82.0 Å². The zero-order chi connectivity index (χ0) is 12.0. The minimum Gasteiger partial charge on any atom is -0.313 e. The SMILES string of the molecule is CCC(C#N)S(=O)(=O)NCC1CCCCN1. The molecule has 2 unspecified atom stereocenters. The molecule has 0 amide bonds. The fourth-order valence-electron chi connectivity index (χ4n) is 1.80. The summed E-state index contributed by atoms with van der Waals surface area (Å²) in [5, 5.41) is 11.0. The zero-order valence-electron chi connectivity index (χ0n) is 9.57. The van der Waals surface area contributed by atoms with Gasteiger partial charge in [0, 0.05) is 12.6 Å². The molecule has 0 spiro atoms. The molecule has 16 heavy (non-hydrogen) atoms. The average molecular weight is 245 g/mol. The third-order valence-electron chi connectivity index (χ3n) is 2.83. The standard InChI is InChI=1S/C10H19N3O2S/c1-2-10(7-11)16(14,15)13-8-9-5-3-4-6-12-9/h9-10,12-13H,2-6,8H2,1H3. The van der Waals surface area contributed by atoms with Gasteiger partial charge in [-0.1, -0.05) is 13.3 Å². The van der Waals surface area contributed by atoms with Gasteiger partial charge in [0.1, 0.15) is 0 Å². The van der Waals surface area contributed by atoms with E-state index in [1.165, 1.54) is 0 Å². The summed E-state index contributed by atoms with van der Waals surface area (Å²) in [5.41, 5.74) is 0. The van der Waals surface area contributed by atoms with E-state index in [2.05, 4.69) is 10.0 Å². The van der Waals surface area contributed by atoms with Crippen LogP contribution in [0.1, 0.15) is 32.6 Å². The Morgan fingerprint density at radius 3 is 2.81 bits per heavy atom. The molecule has 1 heterocycles. The van der Waals surface area contributed by atoms with Crippen LogP contribution >= 0.6 is 0 Å². The number of nitriles is 1. The predicted molar refractivity (Wildman–Crippen MR) is 62.3 cm³/mol. The molecule has 0 radical (unpaired) electrons. The zero-order valence-corrected chi connectivity index (χ0v) is 10.4. The molecule has 2 N–H and O–H groups in total. The molecule has 0 aromatic heterocycles. The Kier molecular flexibility index (Phi) is 5.19. The molecular weight excluding hydrogens is 226 g/mol. The molecule has 1 rings (SSSR count). The Morgan fingerprint density at radius 1 is 1.56 bits per heavy atom. The minimum atomic E-state index is -3.47. The molecule has 1 saturated heterocycles. The molecule has 0 aliphatic carbocycles. The molecule has 92 valence electrons. The van der Waals surface area contributed by atoms with Crippen LogP contribution in [0, 0.1) is 11.3 Å². The number of sulfonamides is 1. The van der Waals surface area contributed by atoms with Crippen molar-refractivity contribution in [2.24, 2.45) is 0 Å². The molecule has 6 heteroatoms. The van der Waals surface area contributed by atoms with Crippen LogP contribution in [0.2, 0.25) is 0 Å². The van der Waals surface area contributed by atoms with Crippen molar-refractivity contribution in [2.45, 2.75) is 43.9 Å². The summed E-state index contributed by atoms with van der Waals surface area (Å²) < 4.78 is 25.9. The van der Waals surface area contributed by atoms with Crippen molar-refractivity contribution in [2.75, 3.05) is 13.1 Å². The lowest BCUT2D eigenvalue weighted by molar-refractivity contribution is 0.398. The number of nitrogens with one attached hydrogen (secondary N) is 2. The van der Waals surface area contributed by atoms with Crippen molar-refractivity contribution < 1.29 is 8.42 Å². The van der Waals surface area contributed by atoms with E-state index in [-0.39, 0.29) is 6.04 Å². The van der Waals surface area contributed by atoms with Gasteiger partial charge < -0.3 is 5.32 Å². The maximum absolute atomic E-state index is 11.7. The van der Waals surface area contributed by atoms with Crippen LogP contribution in [0.25, 0.3) is 0 Å². The molecular formula is C10H19N3O2S. The van der Waals surface area contributed by atoms with E-state index in [4.69, 9.17) is 5.26 Å². The number of hydrogen-bond donors (Lipinski definition) is 2. The van der Waals surface area contributed by atoms with Crippen molar-refractivity contribution in [3.8, 4) is 6.07 Å². The molecule has 0 saturated carbocycles. The first kappa shape index (κ1) is 13.4. The monoisotopic (exact) mass is 245 g/mol. The van der Waals surface area contributed by atoms with Crippen molar-refractivity contribution in [1.29, 1.82) is 5.26 Å². The van der Waals surface area contributed by atoms with Crippen molar-refractivity contribution >= 4 is 10.0 Å². The lowest BCUT2D eigenvalue weighted by Gasteiger charge is -2.24. The first-order chi connectivity index (χ1) is 7.60. The van der Waals surface area contributed by atoms with E-state index in [1.807, 2.05) is 6.07 Å². The average Bonchev–Trinajstić information content (AvgIpc) is 2.29. The molecule has 1 aliphatic rings. The van der Waals surface area contributed by atoms with E-state index >= 15 is 0 Å². The van der Waals surface area contributed by atoms with Gasteiger partial charge in [-0.25, -0.2) is 13.1 Å². The highest BCUT2D eigenvalue weighted by Crippen LogP contribution is 2.07. The fraction of sp³-hybridized carbons (Fsp3) is 0.900. The van der Waals surface area contributed by atoms with E-state index < -0.39 is 15.3 Å². The van der Waals surface area contributed by atoms with Gasteiger partial charge in [0.05, 0.1) is 6.07 Å². The predicted octanol–water partition coefficient (Wildman–Crippen LogP) is 0.350. The van der Waals surface area contributed by atoms with Crippen LogP contribution in [-0.2, 0) is 10.0 Å². The maximum Gasteiger partial charge on any atom is 0.228 e. The third-order valence-corrected chi connectivity index (χ3v) is 4.59. The Balaban J connectivity index is 2.44. The van der Waals surface area contributed by atoms with Gasteiger partial charge in [-0.2, -0.15) is 5.26 Å². The fourth-order valence-corrected chi connectivity index (χ4v) is 3.01. The van der Waals surface area contributed by atoms with Gasteiger partial charge in [0.15, 0.2) is 5.25 Å². The summed E-state index contributed by atoms with van der Waals surface area (Å²) in [4.78, 5) is 0. The van der Waals surface area contributed by atoms with Gasteiger partial charge in [-0.3, -0.25) is 0 Å². The lowest BCUT2D eigenvalue weighted by Crippen LogP contribution is -2.45. The smallest absolute Gasteiger partial charge is 0.228 e. The van der Waals surface area contributed by atoms with E-state index in [0.29, 0.717) is 13.0 Å². The summed E-state index contributed by atoms with van der Waals surface area (Å²) >= 11 is 0. The molecule has 0 aromatic rings. The maximum atomic E-state index is 11.7. The van der Waals surface area contributed by atoms with Gasteiger partial charge in [0.25, 0.3) is 0 Å². The van der Waals surface area contributed by atoms with Gasteiger partial charge in [-0.15, -0.1) is 0 Å². The minimum absolute atomic E-state index is 0.208. The summed E-state index contributed by atoms with van der Waals surface area (Å²) in [6.07, 6.45) is 3.60. The Bertz CT molecular complexity index is 342. The van der Waals surface area contributed by atoms with Crippen LogP contribution in [0.5, 0.6) is 0 Å². The quantitative estimate of drug-likeness (QED) is 0.732. The van der Waals surface area contributed by atoms with Gasteiger partial charge >= 0.3 is 0 Å². The molecule has 0 aromatic carbocycles. The third kappa shape index (κ3) is 3.74. The number of piperidine rings is 1. The summed E-state index contributed by atoms with van der Waals surface area (Å²) in [6, 6.07) is 2.02. The normalized spacial score (nSPS) is 23.6. The second-order valence-electron chi connectivity index (χ2n) is 4.07. The van der Waals surface area contributed by atoms with Crippen molar-refractivity contribution in [1.82, 2.24) is 10.0 Å². The first-order valence-electron chi connectivity index (χ1n) is 5.71. The number of rotatable bonds is 5. The van der Waals surface area contributed by atoms with Crippen molar-refractivity contribution in [3.05, 3.63) is 0 Å². The van der Waals surface area contributed by atoms with Gasteiger partial charge in [-0.05, 0) is 25.8 Å². The Hall–Kier alpha value is -0.640. The Labute approximate surface area is 97.3 Å². The van der Waals surface area contributed by atoms with Crippen molar-refractivity contribution in [3.63, 3.8) is 0 Å². The van der Waals surface area contributed by atoms with Gasteiger partial charge in [0.2, 0.25) is 10.0 Å². The number of nitrogens with zero attached hydrogens (tertiary/aromatic N) is 1. The summed E-state index contributed by atoms with van der Waals surface area (Å²) in [6.45, 7) is 3.04. The molecule has 2 atom stereocenters. The highest BCUT2D eigenvalue weighted by Gasteiger charge is 2.24. The van der Waals surface area contributed by atoms with Crippen LogP contribution in [0.4, 0.5) is 0 Å². The van der Waals surface area contributed by atoms with E-state index in [0.717, 1.165) is 25.8 Å². The number of hydrogen-bond acceptors (Lipinski definition) is 4. The Morgan fingerprint density at radius 2 is 2.31 bits per heavy atom. The van der Waals surface area contributed by atoms with Crippen LogP contribution in [0.3, 0.4) is 0 Å². The molecule has 1 fully saturated rings.